The highest BCUT2D eigenvalue weighted by Crippen LogP contribution is 2.34. The molecule has 3 aromatic carbocycles. The van der Waals surface area contributed by atoms with E-state index in [0.29, 0.717) is 35.1 Å². The Balaban J connectivity index is 1.75. The molecule has 32 heavy (non-hydrogen) atoms. The predicted octanol–water partition coefficient (Wildman–Crippen LogP) is 5.61. The second-order valence-electron chi connectivity index (χ2n) is 7.89. The first-order valence-electron chi connectivity index (χ1n) is 10.8. The molecule has 0 spiro atoms. The molecule has 5 nitrogen and oxygen atoms in total. The lowest BCUT2D eigenvalue weighted by Crippen LogP contribution is -2.32. The summed E-state index contributed by atoms with van der Waals surface area (Å²) in [7, 11) is 0. The minimum Gasteiger partial charge on any atom is -0.494 e. The van der Waals surface area contributed by atoms with Crippen LogP contribution in [-0.2, 0) is 9.59 Å². The van der Waals surface area contributed by atoms with Gasteiger partial charge in [0.1, 0.15) is 11.4 Å². The second kappa shape index (κ2) is 9.10. The summed E-state index contributed by atoms with van der Waals surface area (Å²) in [4.78, 5) is 28.2. The fraction of sp³-hybridized carbons (Fsp3) is 0.185. The van der Waals surface area contributed by atoms with Gasteiger partial charge in [0.05, 0.1) is 17.9 Å². The molecule has 5 heteroatoms. The summed E-state index contributed by atoms with van der Waals surface area (Å²) in [6.45, 7) is 6.68. The average molecular weight is 427 g/mol. The molecule has 2 amide bonds. The number of amides is 2. The number of hydrogen-bond acceptors (Lipinski definition) is 4. The highest BCUT2D eigenvalue weighted by atomic mass is 16.5. The quantitative estimate of drug-likeness (QED) is 0.499. The van der Waals surface area contributed by atoms with Crippen LogP contribution in [-0.4, -0.2) is 18.4 Å². The number of anilines is 2. The molecule has 0 saturated heterocycles. The summed E-state index contributed by atoms with van der Waals surface area (Å²) in [5.74, 6) is 0.351. The van der Waals surface area contributed by atoms with Crippen molar-refractivity contribution in [2.24, 2.45) is 0 Å². The van der Waals surface area contributed by atoms with Gasteiger partial charge < -0.3 is 10.1 Å². The molecule has 3 aromatic rings. The molecule has 4 rings (SSSR count). The summed E-state index contributed by atoms with van der Waals surface area (Å²) in [5.41, 5.74) is 3.71. The maximum Gasteiger partial charge on any atom is 0.282 e. The molecule has 1 aliphatic rings. The summed E-state index contributed by atoms with van der Waals surface area (Å²) in [6, 6.07) is 24.2. The van der Waals surface area contributed by atoms with Crippen LogP contribution < -0.4 is 15.0 Å². The standard InChI is InChI=1S/C27H26N2O3/c1-4-32-23-16-12-20(13-17-23)24-25(28-21-8-6-5-7-9-21)27(31)29(26(24)30)22-14-10-19(11-15-22)18(2)3/h5-18,28H,4H2,1-3H3. The molecule has 0 radical (unpaired) electrons. The van der Waals surface area contributed by atoms with Crippen LogP contribution in [0.25, 0.3) is 5.57 Å². The molecule has 162 valence electrons. The number of imide groups is 1. The third kappa shape index (κ3) is 4.14. The molecule has 0 fully saturated rings. The van der Waals surface area contributed by atoms with E-state index in [2.05, 4.69) is 19.2 Å². The minimum atomic E-state index is -0.375. The van der Waals surface area contributed by atoms with E-state index < -0.39 is 0 Å². The van der Waals surface area contributed by atoms with Gasteiger partial charge in [0.25, 0.3) is 11.8 Å². The molecule has 1 aliphatic heterocycles. The van der Waals surface area contributed by atoms with E-state index in [0.717, 1.165) is 11.3 Å². The fourth-order valence-corrected chi connectivity index (χ4v) is 3.71. The molecule has 0 unspecified atom stereocenters. The average Bonchev–Trinajstić information content (AvgIpc) is 3.04. The second-order valence-corrected chi connectivity index (χ2v) is 7.89. The number of hydrogen-bond donors (Lipinski definition) is 1. The fourth-order valence-electron chi connectivity index (χ4n) is 3.71. The van der Waals surface area contributed by atoms with E-state index in [4.69, 9.17) is 4.74 Å². The van der Waals surface area contributed by atoms with Crippen molar-refractivity contribution in [2.45, 2.75) is 26.7 Å². The van der Waals surface area contributed by atoms with E-state index in [1.807, 2.05) is 85.8 Å². The summed E-state index contributed by atoms with van der Waals surface area (Å²) in [6.07, 6.45) is 0. The van der Waals surface area contributed by atoms with Crippen molar-refractivity contribution in [3.05, 3.63) is 95.7 Å². The molecular formula is C27H26N2O3. The highest BCUT2D eigenvalue weighted by molar-refractivity contribution is 6.46. The van der Waals surface area contributed by atoms with Crippen LogP contribution in [0, 0.1) is 0 Å². The van der Waals surface area contributed by atoms with Gasteiger partial charge in [-0.25, -0.2) is 4.90 Å². The smallest absolute Gasteiger partial charge is 0.282 e. The Morgan fingerprint density at radius 1 is 0.844 bits per heavy atom. The molecule has 1 heterocycles. The number of benzene rings is 3. The first-order valence-corrected chi connectivity index (χ1v) is 10.8. The Kier molecular flexibility index (Phi) is 6.08. The first-order chi connectivity index (χ1) is 15.5. The number of nitrogens with zero attached hydrogens (tertiary/aromatic N) is 1. The number of rotatable bonds is 7. The van der Waals surface area contributed by atoms with Crippen LogP contribution in [0.1, 0.15) is 37.8 Å². The summed E-state index contributed by atoms with van der Waals surface area (Å²) >= 11 is 0. The Bertz CT molecular complexity index is 1150. The monoisotopic (exact) mass is 426 g/mol. The zero-order valence-corrected chi connectivity index (χ0v) is 18.5. The van der Waals surface area contributed by atoms with E-state index in [9.17, 15) is 9.59 Å². The van der Waals surface area contributed by atoms with Crippen molar-refractivity contribution in [3.8, 4) is 5.75 Å². The summed E-state index contributed by atoms with van der Waals surface area (Å²) in [5, 5.41) is 3.18. The maximum atomic E-state index is 13.5. The minimum absolute atomic E-state index is 0.262. The van der Waals surface area contributed by atoms with Crippen molar-refractivity contribution in [2.75, 3.05) is 16.8 Å². The van der Waals surface area contributed by atoms with Gasteiger partial charge in [-0.1, -0.05) is 56.3 Å². The predicted molar refractivity (Wildman–Crippen MR) is 128 cm³/mol. The van der Waals surface area contributed by atoms with E-state index in [-0.39, 0.29) is 17.5 Å². The molecule has 0 aromatic heterocycles. The normalized spacial score (nSPS) is 13.8. The van der Waals surface area contributed by atoms with Gasteiger partial charge in [-0.3, -0.25) is 9.59 Å². The lowest BCUT2D eigenvalue weighted by atomic mass is 10.0. The Morgan fingerprint density at radius 2 is 1.50 bits per heavy atom. The highest BCUT2D eigenvalue weighted by Gasteiger charge is 2.40. The lowest BCUT2D eigenvalue weighted by molar-refractivity contribution is -0.120. The van der Waals surface area contributed by atoms with E-state index in [1.165, 1.54) is 4.90 Å². The van der Waals surface area contributed by atoms with Crippen LogP contribution in [0.5, 0.6) is 5.75 Å². The van der Waals surface area contributed by atoms with Crippen LogP contribution in [0.4, 0.5) is 11.4 Å². The van der Waals surface area contributed by atoms with Crippen molar-refractivity contribution in [1.82, 2.24) is 0 Å². The topological polar surface area (TPSA) is 58.6 Å². The number of nitrogens with one attached hydrogen (secondary N) is 1. The Labute approximate surface area is 188 Å². The van der Waals surface area contributed by atoms with Crippen molar-refractivity contribution in [1.29, 1.82) is 0 Å². The molecule has 0 bridgehead atoms. The van der Waals surface area contributed by atoms with E-state index in [1.54, 1.807) is 0 Å². The van der Waals surface area contributed by atoms with Gasteiger partial charge in [-0.05, 0) is 60.4 Å². The van der Waals surface area contributed by atoms with Gasteiger partial charge >= 0.3 is 0 Å². The van der Waals surface area contributed by atoms with Gasteiger partial charge in [-0.2, -0.15) is 0 Å². The van der Waals surface area contributed by atoms with Crippen molar-refractivity contribution in [3.63, 3.8) is 0 Å². The molecule has 0 saturated carbocycles. The number of para-hydroxylation sites is 1. The number of carbonyl (C=O) groups excluding carboxylic acids is 2. The molecule has 0 aliphatic carbocycles. The SMILES string of the molecule is CCOc1ccc(C2=C(Nc3ccccc3)C(=O)N(c3ccc(C(C)C)cc3)C2=O)cc1. The van der Waals surface area contributed by atoms with Crippen LogP contribution in [0.3, 0.4) is 0 Å². The zero-order chi connectivity index (χ0) is 22.7. The maximum absolute atomic E-state index is 13.5. The number of ether oxygens (including phenoxy) is 1. The summed E-state index contributed by atoms with van der Waals surface area (Å²) < 4.78 is 5.52. The van der Waals surface area contributed by atoms with Crippen LogP contribution in [0.15, 0.2) is 84.6 Å². The zero-order valence-electron chi connectivity index (χ0n) is 18.5. The lowest BCUT2D eigenvalue weighted by Gasteiger charge is -2.16. The van der Waals surface area contributed by atoms with Gasteiger partial charge in [0.2, 0.25) is 0 Å². The van der Waals surface area contributed by atoms with Gasteiger partial charge in [-0.15, -0.1) is 0 Å². The third-order valence-electron chi connectivity index (χ3n) is 5.40. The van der Waals surface area contributed by atoms with Crippen LogP contribution in [0.2, 0.25) is 0 Å². The van der Waals surface area contributed by atoms with E-state index >= 15 is 0 Å². The van der Waals surface area contributed by atoms with Gasteiger partial charge in [0, 0.05) is 5.69 Å². The first kappa shape index (κ1) is 21.4. The third-order valence-corrected chi connectivity index (χ3v) is 5.40. The largest absolute Gasteiger partial charge is 0.494 e. The number of carbonyl (C=O) groups is 2. The molecule has 0 atom stereocenters. The molecule has 1 N–H and O–H groups in total. The Hall–Kier alpha value is -3.86. The Morgan fingerprint density at radius 3 is 2.09 bits per heavy atom. The molecular weight excluding hydrogens is 400 g/mol. The van der Waals surface area contributed by atoms with Crippen molar-refractivity contribution < 1.29 is 14.3 Å². The van der Waals surface area contributed by atoms with Crippen molar-refractivity contribution >= 4 is 28.8 Å². The van der Waals surface area contributed by atoms with Gasteiger partial charge in [0.15, 0.2) is 0 Å². The van der Waals surface area contributed by atoms with Crippen LogP contribution >= 0.6 is 0 Å².